The Morgan fingerprint density at radius 2 is 2.24 bits per heavy atom. The molecule has 1 saturated carbocycles. The number of aromatic nitrogens is 3. The van der Waals surface area contributed by atoms with E-state index in [1.54, 1.807) is 6.33 Å². The van der Waals surface area contributed by atoms with E-state index in [-0.39, 0.29) is 6.10 Å². The van der Waals surface area contributed by atoms with Gasteiger partial charge >= 0.3 is 0 Å². The van der Waals surface area contributed by atoms with E-state index in [1.807, 2.05) is 4.68 Å². The zero-order chi connectivity index (χ0) is 12.4. The molecule has 2 rings (SSSR count). The van der Waals surface area contributed by atoms with Crippen molar-refractivity contribution < 1.29 is 5.11 Å². The lowest BCUT2D eigenvalue weighted by atomic mass is 9.78. The van der Waals surface area contributed by atoms with Crippen LogP contribution in [-0.2, 0) is 6.42 Å². The Hall–Kier alpha value is -0.900. The van der Waals surface area contributed by atoms with E-state index in [2.05, 4.69) is 30.9 Å². The second kappa shape index (κ2) is 5.17. The molecule has 3 unspecified atom stereocenters. The van der Waals surface area contributed by atoms with Crippen LogP contribution in [0.3, 0.4) is 0 Å². The van der Waals surface area contributed by atoms with Gasteiger partial charge in [0.1, 0.15) is 12.2 Å². The molecule has 1 aliphatic rings. The molecule has 17 heavy (non-hydrogen) atoms. The van der Waals surface area contributed by atoms with Crippen LogP contribution in [0.5, 0.6) is 0 Å². The summed E-state index contributed by atoms with van der Waals surface area (Å²) < 4.78 is 1.96. The van der Waals surface area contributed by atoms with E-state index in [4.69, 9.17) is 0 Å². The molecule has 1 N–H and O–H groups in total. The zero-order valence-electron chi connectivity index (χ0n) is 11.0. The molecule has 0 saturated heterocycles. The Bertz CT molecular complexity index is 361. The van der Waals surface area contributed by atoms with Gasteiger partial charge < -0.3 is 5.11 Å². The van der Waals surface area contributed by atoms with Crippen molar-refractivity contribution in [1.82, 2.24) is 14.8 Å². The third-order valence-electron chi connectivity index (χ3n) is 3.79. The average Bonchev–Trinajstić information content (AvgIpc) is 2.71. The molecule has 0 amide bonds. The molecule has 1 aliphatic carbocycles. The maximum absolute atomic E-state index is 10.1. The first-order chi connectivity index (χ1) is 8.08. The highest BCUT2D eigenvalue weighted by molar-refractivity contribution is 4.92. The Morgan fingerprint density at radius 1 is 1.47 bits per heavy atom. The zero-order valence-corrected chi connectivity index (χ0v) is 11.0. The number of nitrogens with zero attached hydrogens (tertiary/aromatic N) is 3. The van der Waals surface area contributed by atoms with Gasteiger partial charge in [-0.1, -0.05) is 6.92 Å². The van der Waals surface area contributed by atoms with Crippen LogP contribution >= 0.6 is 0 Å². The fourth-order valence-electron chi connectivity index (χ4n) is 2.79. The Morgan fingerprint density at radius 3 is 2.94 bits per heavy atom. The summed E-state index contributed by atoms with van der Waals surface area (Å²) in [6.07, 6.45) is 5.49. The first-order valence-corrected chi connectivity index (χ1v) is 6.64. The van der Waals surface area contributed by atoms with Crippen LogP contribution in [0, 0.1) is 11.8 Å². The largest absolute Gasteiger partial charge is 0.393 e. The van der Waals surface area contributed by atoms with Crippen molar-refractivity contribution >= 4 is 0 Å². The summed E-state index contributed by atoms with van der Waals surface area (Å²) in [4.78, 5) is 4.33. The fourth-order valence-corrected chi connectivity index (χ4v) is 2.79. The summed E-state index contributed by atoms with van der Waals surface area (Å²) in [6.45, 7) is 6.49. The van der Waals surface area contributed by atoms with E-state index in [0.29, 0.717) is 12.0 Å². The lowest BCUT2D eigenvalue weighted by molar-refractivity contribution is 0.0503. The maximum atomic E-state index is 10.1. The van der Waals surface area contributed by atoms with Gasteiger partial charge in [0.15, 0.2) is 0 Å². The number of rotatable bonds is 3. The SMILES string of the molecule is CC1CCC(O)C(Cc2ncnn2C(C)C)C1. The van der Waals surface area contributed by atoms with Gasteiger partial charge in [0.2, 0.25) is 0 Å². The quantitative estimate of drug-likeness (QED) is 0.876. The van der Waals surface area contributed by atoms with E-state index < -0.39 is 0 Å². The molecule has 4 heteroatoms. The molecule has 4 nitrogen and oxygen atoms in total. The smallest absolute Gasteiger partial charge is 0.138 e. The van der Waals surface area contributed by atoms with Crippen molar-refractivity contribution in [2.24, 2.45) is 11.8 Å². The monoisotopic (exact) mass is 237 g/mol. The molecular weight excluding hydrogens is 214 g/mol. The first kappa shape index (κ1) is 12.6. The number of hydrogen-bond acceptors (Lipinski definition) is 3. The summed E-state index contributed by atoms with van der Waals surface area (Å²) in [7, 11) is 0. The van der Waals surface area contributed by atoms with Crippen molar-refractivity contribution in [2.45, 2.75) is 58.6 Å². The van der Waals surface area contributed by atoms with Gasteiger partial charge in [-0.05, 0) is 44.9 Å². The Balaban J connectivity index is 2.06. The lowest BCUT2D eigenvalue weighted by Crippen LogP contribution is -2.30. The van der Waals surface area contributed by atoms with E-state index >= 15 is 0 Å². The van der Waals surface area contributed by atoms with Crippen LogP contribution < -0.4 is 0 Å². The summed E-state index contributed by atoms with van der Waals surface area (Å²) in [6, 6.07) is 0.339. The van der Waals surface area contributed by atoms with E-state index in [0.717, 1.165) is 37.4 Å². The van der Waals surface area contributed by atoms with Gasteiger partial charge in [0.25, 0.3) is 0 Å². The van der Waals surface area contributed by atoms with Gasteiger partial charge in [-0.25, -0.2) is 9.67 Å². The molecule has 1 aromatic heterocycles. The second-order valence-corrected chi connectivity index (χ2v) is 5.66. The van der Waals surface area contributed by atoms with Gasteiger partial charge in [-0.3, -0.25) is 0 Å². The standard InChI is InChI=1S/C13H23N3O/c1-9(2)16-13(14-8-15-16)7-11-6-10(3)4-5-12(11)17/h8-12,17H,4-7H2,1-3H3. The third kappa shape index (κ3) is 2.86. The lowest BCUT2D eigenvalue weighted by Gasteiger charge is -2.31. The minimum Gasteiger partial charge on any atom is -0.393 e. The van der Waals surface area contributed by atoms with Crippen LogP contribution in [0.1, 0.15) is 51.9 Å². The first-order valence-electron chi connectivity index (χ1n) is 6.64. The van der Waals surface area contributed by atoms with Crippen molar-refractivity contribution in [3.05, 3.63) is 12.2 Å². The molecule has 1 heterocycles. The second-order valence-electron chi connectivity index (χ2n) is 5.66. The molecule has 0 aliphatic heterocycles. The third-order valence-corrected chi connectivity index (χ3v) is 3.79. The van der Waals surface area contributed by atoms with Crippen LogP contribution in [-0.4, -0.2) is 26.0 Å². The number of aliphatic hydroxyl groups is 1. The molecule has 0 radical (unpaired) electrons. The summed E-state index contributed by atoms with van der Waals surface area (Å²) in [5.74, 6) is 2.08. The topological polar surface area (TPSA) is 50.9 Å². The molecule has 96 valence electrons. The van der Waals surface area contributed by atoms with Crippen molar-refractivity contribution in [2.75, 3.05) is 0 Å². The van der Waals surface area contributed by atoms with Crippen molar-refractivity contribution in [3.63, 3.8) is 0 Å². The highest BCUT2D eigenvalue weighted by atomic mass is 16.3. The van der Waals surface area contributed by atoms with E-state index in [9.17, 15) is 5.11 Å². The van der Waals surface area contributed by atoms with Crippen molar-refractivity contribution in [1.29, 1.82) is 0 Å². The number of aliphatic hydroxyl groups excluding tert-OH is 1. The predicted molar refractivity (Wildman–Crippen MR) is 66.6 cm³/mol. The van der Waals surface area contributed by atoms with Gasteiger partial charge in [0, 0.05) is 12.5 Å². The molecule has 1 aromatic rings. The Labute approximate surface area is 103 Å². The summed E-state index contributed by atoms with van der Waals surface area (Å²) >= 11 is 0. The summed E-state index contributed by atoms with van der Waals surface area (Å²) in [5.41, 5.74) is 0. The van der Waals surface area contributed by atoms with Crippen LogP contribution in [0.2, 0.25) is 0 Å². The summed E-state index contributed by atoms with van der Waals surface area (Å²) in [5, 5.41) is 14.3. The Kier molecular flexibility index (Phi) is 3.82. The van der Waals surface area contributed by atoms with Crippen LogP contribution in [0.4, 0.5) is 0 Å². The van der Waals surface area contributed by atoms with Gasteiger partial charge in [0.05, 0.1) is 6.10 Å². The maximum Gasteiger partial charge on any atom is 0.138 e. The van der Waals surface area contributed by atoms with Gasteiger partial charge in [-0.2, -0.15) is 5.10 Å². The molecule has 0 spiro atoms. The van der Waals surface area contributed by atoms with Crippen LogP contribution in [0.15, 0.2) is 6.33 Å². The highest BCUT2D eigenvalue weighted by Gasteiger charge is 2.28. The highest BCUT2D eigenvalue weighted by Crippen LogP contribution is 2.31. The van der Waals surface area contributed by atoms with Crippen molar-refractivity contribution in [3.8, 4) is 0 Å². The van der Waals surface area contributed by atoms with Gasteiger partial charge in [-0.15, -0.1) is 0 Å². The normalized spacial score (nSPS) is 29.8. The van der Waals surface area contributed by atoms with Crippen LogP contribution in [0.25, 0.3) is 0 Å². The number of hydrogen-bond donors (Lipinski definition) is 1. The molecular formula is C13H23N3O. The molecule has 0 bridgehead atoms. The minimum atomic E-state index is -0.163. The average molecular weight is 237 g/mol. The minimum absolute atomic E-state index is 0.163. The molecule has 1 fully saturated rings. The molecule has 3 atom stereocenters. The predicted octanol–water partition coefficient (Wildman–Crippen LogP) is 2.20. The fraction of sp³-hybridized carbons (Fsp3) is 0.846. The molecule has 0 aromatic carbocycles. The van der Waals surface area contributed by atoms with E-state index in [1.165, 1.54) is 0 Å².